The number of thioether (sulfide) groups is 1. The second-order valence-electron chi connectivity index (χ2n) is 8.02. The number of hydrogen-bond acceptors (Lipinski definition) is 4. The molecule has 0 bridgehead atoms. The Morgan fingerprint density at radius 1 is 1.03 bits per heavy atom. The smallest absolute Gasteiger partial charge is 0.267 e. The lowest BCUT2D eigenvalue weighted by molar-refractivity contribution is 0.821. The molecule has 0 saturated heterocycles. The van der Waals surface area contributed by atoms with Crippen molar-refractivity contribution in [2.24, 2.45) is 0 Å². The van der Waals surface area contributed by atoms with Crippen molar-refractivity contribution in [3.63, 3.8) is 0 Å². The van der Waals surface area contributed by atoms with Gasteiger partial charge in [-0.3, -0.25) is 9.36 Å². The summed E-state index contributed by atoms with van der Waals surface area (Å²) in [6, 6.07) is 22.1. The molecule has 0 unspecified atom stereocenters. The van der Waals surface area contributed by atoms with Crippen LogP contribution in [0.4, 0.5) is 0 Å². The van der Waals surface area contributed by atoms with Gasteiger partial charge >= 0.3 is 0 Å². The number of aromatic nitrogens is 2. The quantitative estimate of drug-likeness (QED) is 0.180. The third-order valence-corrected chi connectivity index (χ3v) is 8.32. The summed E-state index contributed by atoms with van der Waals surface area (Å²) in [5.74, 6) is 0.721. The maximum Gasteiger partial charge on any atom is 0.267 e. The summed E-state index contributed by atoms with van der Waals surface area (Å²) in [6.07, 6.45) is 2.01. The van der Waals surface area contributed by atoms with Crippen LogP contribution in [-0.4, -0.2) is 9.55 Å². The molecule has 0 fully saturated rings. The summed E-state index contributed by atoms with van der Waals surface area (Å²) in [6.45, 7) is 4.21. The second-order valence-corrected chi connectivity index (χ2v) is 10.5. The van der Waals surface area contributed by atoms with Crippen LogP contribution >= 0.6 is 34.7 Å². The van der Waals surface area contributed by atoms with Gasteiger partial charge in [-0.1, -0.05) is 79.2 Å². The van der Waals surface area contributed by atoms with Gasteiger partial charge in [0, 0.05) is 15.7 Å². The van der Waals surface area contributed by atoms with E-state index >= 15 is 0 Å². The fourth-order valence-electron chi connectivity index (χ4n) is 4.15. The topological polar surface area (TPSA) is 34.9 Å². The molecular formula is C27H23ClN2OS2. The van der Waals surface area contributed by atoms with E-state index in [1.165, 1.54) is 21.2 Å². The SMILES string of the molecule is CCCc1sc2nc(SCc3cccc4ccccc34)n(-c3ccc(Cl)cc3)c(=O)c2c1C. The van der Waals surface area contributed by atoms with E-state index in [-0.39, 0.29) is 5.56 Å². The lowest BCUT2D eigenvalue weighted by atomic mass is 10.1. The largest absolute Gasteiger partial charge is 0.268 e. The van der Waals surface area contributed by atoms with E-state index in [0.717, 1.165) is 40.1 Å². The minimum Gasteiger partial charge on any atom is -0.268 e. The molecule has 5 aromatic rings. The number of rotatable bonds is 6. The van der Waals surface area contributed by atoms with Gasteiger partial charge in [-0.2, -0.15) is 0 Å². The summed E-state index contributed by atoms with van der Waals surface area (Å²) in [4.78, 5) is 20.9. The van der Waals surface area contributed by atoms with E-state index in [1.54, 1.807) is 27.7 Å². The Bertz CT molecular complexity index is 1510. The predicted molar refractivity (Wildman–Crippen MR) is 142 cm³/mol. The predicted octanol–water partition coefficient (Wildman–Crippen LogP) is 7.81. The minimum absolute atomic E-state index is 0.0150. The molecule has 33 heavy (non-hydrogen) atoms. The van der Waals surface area contributed by atoms with Crippen LogP contribution in [0.15, 0.2) is 76.7 Å². The molecule has 0 aliphatic carbocycles. The van der Waals surface area contributed by atoms with Crippen LogP contribution in [0.1, 0.15) is 29.3 Å². The van der Waals surface area contributed by atoms with Crippen molar-refractivity contribution in [1.82, 2.24) is 9.55 Å². The van der Waals surface area contributed by atoms with Crippen LogP contribution in [0.5, 0.6) is 0 Å². The Labute approximate surface area is 206 Å². The summed E-state index contributed by atoms with van der Waals surface area (Å²) in [5.41, 5.74) is 3.05. The average molecular weight is 491 g/mol. The standard InChI is InChI=1S/C27H23ClN2OS2/c1-3-7-23-17(2)24-25(33-23)29-27(30(26(24)31)21-14-12-20(28)13-15-21)32-16-19-10-6-9-18-8-4-5-11-22(18)19/h4-6,8-15H,3,7,16H2,1-2H3. The Balaban J connectivity index is 1.65. The van der Waals surface area contributed by atoms with Gasteiger partial charge in [0.25, 0.3) is 5.56 Å². The number of hydrogen-bond donors (Lipinski definition) is 0. The molecular weight excluding hydrogens is 468 g/mol. The number of thiophene rings is 1. The highest BCUT2D eigenvalue weighted by molar-refractivity contribution is 7.98. The molecule has 3 nitrogen and oxygen atoms in total. The van der Waals surface area contributed by atoms with E-state index in [4.69, 9.17) is 16.6 Å². The van der Waals surface area contributed by atoms with Crippen molar-refractivity contribution in [2.75, 3.05) is 0 Å². The molecule has 0 saturated carbocycles. The van der Waals surface area contributed by atoms with Crippen LogP contribution in [0.2, 0.25) is 5.02 Å². The van der Waals surface area contributed by atoms with Gasteiger partial charge < -0.3 is 0 Å². The molecule has 166 valence electrons. The van der Waals surface area contributed by atoms with Gasteiger partial charge in [0.2, 0.25) is 0 Å². The molecule has 3 aromatic carbocycles. The third-order valence-electron chi connectivity index (χ3n) is 5.83. The van der Waals surface area contributed by atoms with Gasteiger partial charge in [0.05, 0.1) is 11.1 Å². The van der Waals surface area contributed by atoms with Gasteiger partial charge in [-0.25, -0.2) is 4.98 Å². The molecule has 0 spiro atoms. The monoisotopic (exact) mass is 490 g/mol. The van der Waals surface area contributed by atoms with E-state index < -0.39 is 0 Å². The summed E-state index contributed by atoms with van der Waals surface area (Å²) >= 11 is 9.37. The maximum atomic E-state index is 13.8. The molecule has 0 aliphatic rings. The van der Waals surface area contributed by atoms with Gasteiger partial charge in [-0.15, -0.1) is 11.3 Å². The Morgan fingerprint density at radius 2 is 1.79 bits per heavy atom. The number of benzene rings is 3. The Kier molecular flexibility index (Phi) is 6.28. The van der Waals surface area contributed by atoms with Crippen molar-refractivity contribution in [3.05, 3.63) is 98.1 Å². The highest BCUT2D eigenvalue weighted by Crippen LogP contribution is 2.33. The maximum absolute atomic E-state index is 13.8. The van der Waals surface area contributed by atoms with Crippen molar-refractivity contribution >= 4 is 55.7 Å². The molecule has 0 N–H and O–H groups in total. The summed E-state index contributed by atoms with van der Waals surface area (Å²) < 4.78 is 1.74. The Hall–Kier alpha value is -2.60. The summed E-state index contributed by atoms with van der Waals surface area (Å²) in [7, 11) is 0. The minimum atomic E-state index is -0.0150. The normalized spacial score (nSPS) is 11.5. The zero-order valence-corrected chi connectivity index (χ0v) is 20.9. The fourth-order valence-corrected chi connectivity index (χ4v) is 6.61. The first-order chi connectivity index (χ1) is 16.1. The molecule has 2 aromatic heterocycles. The zero-order valence-electron chi connectivity index (χ0n) is 18.5. The van der Waals surface area contributed by atoms with Crippen molar-refractivity contribution in [3.8, 4) is 5.69 Å². The number of fused-ring (bicyclic) bond motifs is 2. The Morgan fingerprint density at radius 3 is 2.58 bits per heavy atom. The van der Waals surface area contributed by atoms with Crippen molar-refractivity contribution in [2.45, 2.75) is 37.6 Å². The summed E-state index contributed by atoms with van der Waals surface area (Å²) in [5, 5.41) is 4.51. The molecule has 5 rings (SSSR count). The highest BCUT2D eigenvalue weighted by Gasteiger charge is 2.19. The van der Waals surface area contributed by atoms with Gasteiger partial charge in [-0.05, 0) is 59.5 Å². The second kappa shape index (κ2) is 9.34. The van der Waals surface area contributed by atoms with Crippen molar-refractivity contribution < 1.29 is 0 Å². The highest BCUT2D eigenvalue weighted by atomic mass is 35.5. The first-order valence-corrected chi connectivity index (χ1v) is 13.1. The number of aryl methyl sites for hydroxylation is 2. The number of halogens is 1. The molecule has 0 aliphatic heterocycles. The van der Waals surface area contributed by atoms with E-state index in [0.29, 0.717) is 10.2 Å². The van der Waals surface area contributed by atoms with Crippen LogP contribution < -0.4 is 5.56 Å². The average Bonchev–Trinajstić information content (AvgIpc) is 3.14. The zero-order chi connectivity index (χ0) is 22.9. The molecule has 6 heteroatoms. The van der Waals surface area contributed by atoms with Crippen LogP contribution in [0.3, 0.4) is 0 Å². The van der Waals surface area contributed by atoms with E-state index in [1.807, 2.05) is 31.2 Å². The van der Waals surface area contributed by atoms with E-state index in [2.05, 4.69) is 49.4 Å². The van der Waals surface area contributed by atoms with Crippen LogP contribution in [0, 0.1) is 6.92 Å². The number of nitrogens with zero attached hydrogens (tertiary/aromatic N) is 2. The molecule has 2 heterocycles. The lowest BCUT2D eigenvalue weighted by Gasteiger charge is -2.13. The first kappa shape index (κ1) is 22.2. The lowest BCUT2D eigenvalue weighted by Crippen LogP contribution is -2.21. The molecule has 0 amide bonds. The first-order valence-electron chi connectivity index (χ1n) is 11.0. The third kappa shape index (κ3) is 4.21. The van der Waals surface area contributed by atoms with Crippen LogP contribution in [-0.2, 0) is 12.2 Å². The van der Waals surface area contributed by atoms with Crippen LogP contribution in [0.25, 0.3) is 26.7 Å². The van der Waals surface area contributed by atoms with Gasteiger partial charge in [0.1, 0.15) is 4.83 Å². The van der Waals surface area contributed by atoms with E-state index in [9.17, 15) is 4.79 Å². The molecule has 0 radical (unpaired) electrons. The fraction of sp³-hybridized carbons (Fsp3) is 0.185. The van der Waals surface area contributed by atoms with Crippen molar-refractivity contribution in [1.29, 1.82) is 0 Å². The van der Waals surface area contributed by atoms with Gasteiger partial charge in [0.15, 0.2) is 5.16 Å². The molecule has 0 atom stereocenters.